The maximum atomic E-state index is 12.5. The van der Waals surface area contributed by atoms with Gasteiger partial charge in [0, 0.05) is 10.9 Å². The first kappa shape index (κ1) is 19.6. The van der Waals surface area contributed by atoms with Gasteiger partial charge >= 0.3 is 0 Å². The molecule has 0 amide bonds. The van der Waals surface area contributed by atoms with E-state index in [1.165, 1.54) is 0 Å². The average molecular weight is 400 g/mol. The third-order valence-electron chi connectivity index (χ3n) is 2.86. The summed E-state index contributed by atoms with van der Waals surface area (Å²) in [6, 6.07) is 8.01. The van der Waals surface area contributed by atoms with Crippen molar-refractivity contribution in [1.82, 2.24) is 4.72 Å². The van der Waals surface area contributed by atoms with Gasteiger partial charge in [0.1, 0.15) is 8.07 Å². The summed E-state index contributed by atoms with van der Waals surface area (Å²) in [5, 5.41) is 0. The van der Waals surface area contributed by atoms with Crippen LogP contribution in [-0.4, -0.2) is 17.0 Å². The van der Waals surface area contributed by atoms with E-state index in [1.54, 1.807) is 0 Å². The molecule has 0 aliphatic heterocycles. The third kappa shape index (κ3) is 6.78. The van der Waals surface area contributed by atoms with Gasteiger partial charge in [0.25, 0.3) is 0 Å². The van der Waals surface area contributed by atoms with Crippen LogP contribution in [0.4, 0.5) is 0 Å². The van der Waals surface area contributed by atoms with Crippen molar-refractivity contribution in [3.63, 3.8) is 0 Å². The summed E-state index contributed by atoms with van der Waals surface area (Å²) in [5.74, 6) is 3.30. The van der Waals surface area contributed by atoms with Gasteiger partial charge in [0.2, 0.25) is 0 Å². The van der Waals surface area contributed by atoms with Crippen LogP contribution >= 0.6 is 15.9 Å². The molecule has 1 unspecified atom stereocenters. The number of benzene rings is 1. The molecule has 0 aliphatic carbocycles. The molecule has 122 valence electrons. The van der Waals surface area contributed by atoms with E-state index in [2.05, 4.69) is 57.8 Å². The molecule has 0 bridgehead atoms. The van der Waals surface area contributed by atoms with Crippen LogP contribution in [-0.2, 0) is 11.0 Å². The Hall–Kier alpha value is -0.413. The van der Waals surface area contributed by atoms with Gasteiger partial charge in [0.15, 0.2) is 0 Å². The van der Waals surface area contributed by atoms with Crippen LogP contribution < -0.4 is 4.72 Å². The van der Waals surface area contributed by atoms with Crippen molar-refractivity contribution in [3.05, 3.63) is 34.3 Å². The molecule has 0 spiro atoms. The van der Waals surface area contributed by atoms with Gasteiger partial charge in [-0.3, -0.25) is 0 Å². The van der Waals surface area contributed by atoms with Crippen molar-refractivity contribution in [2.45, 2.75) is 57.6 Å². The van der Waals surface area contributed by atoms with Gasteiger partial charge < -0.3 is 0 Å². The van der Waals surface area contributed by atoms with Crippen LogP contribution in [0.2, 0.25) is 19.6 Å². The van der Waals surface area contributed by atoms with Crippen molar-refractivity contribution in [2.75, 3.05) is 0 Å². The molecule has 2 nitrogen and oxygen atoms in total. The highest BCUT2D eigenvalue weighted by Gasteiger charge is 2.24. The van der Waals surface area contributed by atoms with Crippen LogP contribution in [0.1, 0.15) is 38.8 Å². The predicted molar refractivity (Wildman–Crippen MR) is 104 cm³/mol. The standard InChI is InChI=1S/C17H26BrNOSSi/c1-17(2,3)21(20)19-16(12-9-13-22(4,5)6)14-10-7-8-11-15(14)18/h7-8,10-11,16,19H,12H2,1-6H3/t16-,21?/m0/s1. The Morgan fingerprint density at radius 2 is 1.86 bits per heavy atom. The van der Waals surface area contributed by atoms with E-state index in [0.29, 0.717) is 6.42 Å². The lowest BCUT2D eigenvalue weighted by molar-refractivity contribution is 0.604. The summed E-state index contributed by atoms with van der Waals surface area (Å²) in [5.41, 5.74) is 4.49. The van der Waals surface area contributed by atoms with Crippen molar-refractivity contribution < 1.29 is 4.21 Å². The molecule has 0 fully saturated rings. The minimum absolute atomic E-state index is 0.0421. The molecule has 22 heavy (non-hydrogen) atoms. The minimum atomic E-state index is -1.39. The SMILES string of the molecule is CC(C)(C)S(=O)N[C@@H](CC#C[Si](C)(C)C)c1ccccc1Br. The van der Waals surface area contributed by atoms with E-state index < -0.39 is 19.1 Å². The fourth-order valence-electron chi connectivity index (χ4n) is 1.70. The molecule has 0 radical (unpaired) electrons. The van der Waals surface area contributed by atoms with Crippen molar-refractivity contribution in [2.24, 2.45) is 0 Å². The smallest absolute Gasteiger partial charge is 0.129 e. The maximum Gasteiger partial charge on any atom is 0.129 e. The fourth-order valence-corrected chi connectivity index (χ4v) is 3.71. The highest BCUT2D eigenvalue weighted by molar-refractivity contribution is 9.10. The molecule has 0 saturated carbocycles. The lowest BCUT2D eigenvalue weighted by Gasteiger charge is -2.24. The molecule has 2 atom stereocenters. The van der Waals surface area contributed by atoms with Gasteiger partial charge in [-0.15, -0.1) is 11.5 Å². The monoisotopic (exact) mass is 399 g/mol. The Labute approximate surface area is 147 Å². The molecule has 1 rings (SSSR count). The van der Waals surface area contributed by atoms with E-state index >= 15 is 0 Å². The van der Waals surface area contributed by atoms with Gasteiger partial charge in [-0.2, -0.15) is 0 Å². The van der Waals surface area contributed by atoms with Gasteiger partial charge in [-0.1, -0.05) is 53.8 Å². The van der Waals surface area contributed by atoms with Gasteiger partial charge in [-0.05, 0) is 32.4 Å². The molecule has 0 saturated heterocycles. The zero-order chi connectivity index (χ0) is 17.0. The highest BCUT2D eigenvalue weighted by atomic mass is 79.9. The Kier molecular flexibility index (Phi) is 7.06. The number of halogens is 1. The van der Waals surface area contributed by atoms with Gasteiger partial charge in [-0.25, -0.2) is 8.93 Å². The Morgan fingerprint density at radius 1 is 1.27 bits per heavy atom. The first-order valence-electron chi connectivity index (χ1n) is 7.43. The zero-order valence-corrected chi connectivity index (χ0v) is 17.7. The average Bonchev–Trinajstić information content (AvgIpc) is 2.35. The Bertz CT molecular complexity index is 593. The van der Waals surface area contributed by atoms with E-state index in [0.717, 1.165) is 10.0 Å². The molecule has 5 heteroatoms. The van der Waals surface area contributed by atoms with Crippen LogP contribution in [0.5, 0.6) is 0 Å². The summed E-state index contributed by atoms with van der Waals surface area (Å²) in [6.45, 7) is 12.6. The van der Waals surface area contributed by atoms with E-state index in [9.17, 15) is 4.21 Å². The lowest BCUT2D eigenvalue weighted by atomic mass is 10.1. The molecule has 0 heterocycles. The summed E-state index contributed by atoms with van der Waals surface area (Å²) >= 11 is 3.59. The normalized spacial score (nSPS) is 14.9. The molecule has 1 aromatic rings. The molecule has 0 aromatic heterocycles. The molecular formula is C17H26BrNOSSi. The van der Waals surface area contributed by atoms with Crippen LogP contribution in [0, 0.1) is 11.5 Å². The van der Waals surface area contributed by atoms with E-state index in [1.807, 2.05) is 39.0 Å². The second-order valence-corrected chi connectivity index (χ2v) is 14.9. The summed E-state index contributed by atoms with van der Waals surface area (Å²) in [4.78, 5) is 0. The quantitative estimate of drug-likeness (QED) is 0.570. The van der Waals surface area contributed by atoms with Crippen LogP contribution in [0.3, 0.4) is 0 Å². The van der Waals surface area contributed by atoms with Crippen LogP contribution in [0.15, 0.2) is 28.7 Å². The molecule has 1 N–H and O–H groups in total. The van der Waals surface area contributed by atoms with Crippen molar-refractivity contribution >= 4 is 35.0 Å². The summed E-state index contributed by atoms with van der Waals surface area (Å²) < 4.78 is 16.4. The summed E-state index contributed by atoms with van der Waals surface area (Å²) in [6.07, 6.45) is 0.661. The second-order valence-electron chi connectivity index (χ2n) is 7.33. The molecule has 0 aliphatic rings. The number of hydrogen-bond donors (Lipinski definition) is 1. The third-order valence-corrected chi connectivity index (χ3v) is 6.12. The Morgan fingerprint density at radius 3 is 2.36 bits per heavy atom. The number of nitrogens with one attached hydrogen (secondary N) is 1. The molecular weight excluding hydrogens is 374 g/mol. The number of hydrogen-bond acceptors (Lipinski definition) is 1. The minimum Gasteiger partial charge on any atom is -0.242 e. The molecule has 1 aromatic carbocycles. The maximum absolute atomic E-state index is 12.5. The first-order valence-corrected chi connectivity index (χ1v) is 12.9. The van der Waals surface area contributed by atoms with Gasteiger partial charge in [0.05, 0.1) is 21.8 Å². The van der Waals surface area contributed by atoms with E-state index in [4.69, 9.17) is 0 Å². The zero-order valence-electron chi connectivity index (χ0n) is 14.3. The fraction of sp³-hybridized carbons (Fsp3) is 0.529. The largest absolute Gasteiger partial charge is 0.242 e. The van der Waals surface area contributed by atoms with Crippen molar-refractivity contribution in [3.8, 4) is 11.5 Å². The topological polar surface area (TPSA) is 29.1 Å². The number of rotatable bonds is 4. The van der Waals surface area contributed by atoms with Crippen molar-refractivity contribution in [1.29, 1.82) is 0 Å². The highest BCUT2D eigenvalue weighted by Crippen LogP contribution is 2.27. The van der Waals surface area contributed by atoms with Crippen LogP contribution in [0.25, 0.3) is 0 Å². The summed E-state index contributed by atoms with van der Waals surface area (Å²) in [7, 11) is -2.52. The lowest BCUT2D eigenvalue weighted by Crippen LogP contribution is -2.35. The Balaban J connectivity index is 3.03. The first-order chi connectivity index (χ1) is 10.0. The second kappa shape index (κ2) is 7.92. The predicted octanol–water partition coefficient (Wildman–Crippen LogP) is 4.81. The van der Waals surface area contributed by atoms with E-state index in [-0.39, 0.29) is 10.8 Å².